The van der Waals surface area contributed by atoms with E-state index in [-0.39, 0.29) is 62.2 Å². The van der Waals surface area contributed by atoms with Gasteiger partial charge in [-0.15, -0.1) is 0 Å². The Morgan fingerprint density at radius 2 is 0.618 bits per heavy atom. The normalized spacial score (nSPS) is 25.2. The first-order valence-corrected chi connectivity index (χ1v) is 23.8. The first-order valence-electron chi connectivity index (χ1n) is 23.8. The van der Waals surface area contributed by atoms with Crippen LogP contribution in [0.5, 0.6) is 0 Å². The van der Waals surface area contributed by atoms with Crippen molar-refractivity contribution in [2.24, 2.45) is 23.7 Å². The van der Waals surface area contributed by atoms with Crippen molar-refractivity contribution in [1.29, 1.82) is 0 Å². The third-order valence-electron chi connectivity index (χ3n) is 12.0. The number of ether oxygens (including phenoxy) is 4. The molecule has 0 bridgehead atoms. The van der Waals surface area contributed by atoms with E-state index in [1.807, 2.05) is 55.4 Å². The van der Waals surface area contributed by atoms with Crippen LogP contribution in [-0.4, -0.2) is 144 Å². The summed E-state index contributed by atoms with van der Waals surface area (Å²) in [7, 11) is 5.56. The van der Waals surface area contributed by atoms with Crippen molar-refractivity contribution >= 4 is 47.5 Å². The average Bonchev–Trinajstić information content (AvgIpc) is 3.28. The van der Waals surface area contributed by atoms with Crippen molar-refractivity contribution in [2.75, 3.05) is 28.2 Å². The first kappa shape index (κ1) is 56.5. The van der Waals surface area contributed by atoms with Gasteiger partial charge in [0.05, 0.1) is 0 Å². The molecule has 2 aromatic carbocycles. The van der Waals surface area contributed by atoms with Crippen molar-refractivity contribution in [1.82, 2.24) is 19.6 Å². The Hall–Kier alpha value is -5.80. The number of benzene rings is 2. The molecular weight excluding hydrogens is 873 g/mol. The van der Waals surface area contributed by atoms with Gasteiger partial charge in [0.2, 0.25) is 0 Å². The van der Waals surface area contributed by atoms with Crippen LogP contribution in [0.15, 0.2) is 60.7 Å². The molecule has 1 aliphatic rings. The number of amides is 4. The number of likely N-dealkylation sites (N-methyl/N-ethyl adjacent to an activating group) is 4. The summed E-state index contributed by atoms with van der Waals surface area (Å²) in [5, 5.41) is 0. The van der Waals surface area contributed by atoms with Crippen LogP contribution in [0, 0.1) is 23.7 Å². The third-order valence-corrected chi connectivity index (χ3v) is 12.0. The van der Waals surface area contributed by atoms with E-state index >= 15 is 0 Å². The molecule has 0 N–H and O–H groups in total. The molecular formula is C52H76N4O12. The van der Waals surface area contributed by atoms with Crippen LogP contribution in [0.3, 0.4) is 0 Å². The molecule has 0 aliphatic carbocycles. The molecule has 3 rings (SSSR count). The van der Waals surface area contributed by atoms with Gasteiger partial charge in [0, 0.05) is 41.0 Å². The van der Waals surface area contributed by atoms with Gasteiger partial charge >= 0.3 is 23.9 Å². The quantitative estimate of drug-likeness (QED) is 0.188. The summed E-state index contributed by atoms with van der Waals surface area (Å²) in [5.41, 5.74) is 1.30. The number of nitrogens with zero attached hydrogens (tertiary/aromatic N) is 4. The smallest absolute Gasteiger partial charge is 0.329 e. The molecule has 0 spiro atoms. The van der Waals surface area contributed by atoms with Gasteiger partial charge in [-0.25, -0.2) is 19.2 Å². The molecule has 0 unspecified atom stereocenters. The SMILES string of the molecule is CC(C)C[C@@H]1C(=O)O[C@H](Cc2ccccc2)C(=O)N(C)[C@@H](CC(C)C)C(=O)O[C@H](C)C(=O)N(C)[C@@H](CC(C)C)C(=O)O[C@H](Cc2ccccc2)C(=O)N(C)[C@@H](CC(C)C)C(=O)O[C@H](C)C(=O)N1C. The van der Waals surface area contributed by atoms with Crippen molar-refractivity contribution < 1.29 is 57.3 Å². The van der Waals surface area contributed by atoms with E-state index in [9.17, 15) is 38.4 Å². The van der Waals surface area contributed by atoms with E-state index < -0.39 is 96.1 Å². The van der Waals surface area contributed by atoms with E-state index in [2.05, 4.69) is 0 Å². The highest BCUT2D eigenvalue weighted by molar-refractivity contribution is 5.94. The molecule has 16 nitrogen and oxygen atoms in total. The lowest BCUT2D eigenvalue weighted by Crippen LogP contribution is -2.55. The summed E-state index contributed by atoms with van der Waals surface area (Å²) in [6.07, 6.45) is -5.56. The predicted molar refractivity (Wildman–Crippen MR) is 255 cm³/mol. The summed E-state index contributed by atoms with van der Waals surface area (Å²) >= 11 is 0. The number of hydrogen-bond donors (Lipinski definition) is 0. The molecule has 0 radical (unpaired) electrons. The number of hydrogen-bond acceptors (Lipinski definition) is 12. The minimum absolute atomic E-state index is 0.0814. The number of esters is 4. The Bertz CT molecular complexity index is 1870. The fourth-order valence-electron chi connectivity index (χ4n) is 8.14. The molecule has 8 atom stereocenters. The average molecular weight is 949 g/mol. The lowest BCUT2D eigenvalue weighted by Gasteiger charge is -2.35. The van der Waals surface area contributed by atoms with Gasteiger partial charge in [0.1, 0.15) is 24.2 Å². The minimum atomic E-state index is -1.47. The monoisotopic (exact) mass is 949 g/mol. The molecule has 1 heterocycles. The lowest BCUT2D eigenvalue weighted by molar-refractivity contribution is -0.176. The summed E-state index contributed by atoms with van der Waals surface area (Å²) in [4.78, 5) is 119. The summed E-state index contributed by atoms with van der Waals surface area (Å²) in [5.74, 6) is -7.13. The summed E-state index contributed by atoms with van der Waals surface area (Å²) in [6, 6.07) is 12.7. The van der Waals surface area contributed by atoms with E-state index in [1.54, 1.807) is 60.7 Å². The molecule has 1 saturated heterocycles. The Labute approximate surface area is 403 Å². The van der Waals surface area contributed by atoms with Crippen LogP contribution >= 0.6 is 0 Å². The standard InChI is InChI=1S/C52H76N4O12/c1-31(2)25-39-49(61)65-35(9)45(57)53(11)42(28-34(7)8)52(64)68-44(30-38-23-19-16-20-24-38)48(60)56(14)40(26-32(3)4)50(62)66-36(10)46(58)54(12)41(27-33(5)6)51(63)67-43(47(59)55(39)13)29-37-21-17-15-18-22-37/h15-24,31-36,39-44H,25-30H2,1-14H3/t35-,36-,39+,40+,41-,42+,43-,44-/m1/s1. The van der Waals surface area contributed by atoms with Crippen LogP contribution < -0.4 is 0 Å². The molecule has 1 fully saturated rings. The maximum Gasteiger partial charge on any atom is 0.329 e. The van der Waals surface area contributed by atoms with Gasteiger partial charge in [0.25, 0.3) is 23.6 Å². The van der Waals surface area contributed by atoms with Crippen LogP contribution in [0.2, 0.25) is 0 Å². The van der Waals surface area contributed by atoms with Gasteiger partial charge in [-0.3, -0.25) is 19.2 Å². The number of cyclic esters (lactones) is 4. The maximum absolute atomic E-state index is 14.6. The van der Waals surface area contributed by atoms with Crippen molar-refractivity contribution in [3.63, 3.8) is 0 Å². The third kappa shape index (κ3) is 16.2. The summed E-state index contributed by atoms with van der Waals surface area (Å²) < 4.78 is 23.8. The highest BCUT2D eigenvalue weighted by atomic mass is 16.6. The van der Waals surface area contributed by atoms with Gasteiger partial charge < -0.3 is 38.5 Å². The zero-order chi connectivity index (χ0) is 51.2. The number of carbonyl (C=O) groups is 8. The fourth-order valence-corrected chi connectivity index (χ4v) is 8.14. The second kappa shape index (κ2) is 26.1. The Morgan fingerprint density at radius 1 is 0.382 bits per heavy atom. The van der Waals surface area contributed by atoms with E-state index in [1.165, 1.54) is 42.0 Å². The topological polar surface area (TPSA) is 186 Å². The van der Waals surface area contributed by atoms with Crippen molar-refractivity contribution in [3.05, 3.63) is 71.8 Å². The Morgan fingerprint density at radius 3 is 0.868 bits per heavy atom. The molecule has 1 aliphatic heterocycles. The van der Waals surface area contributed by atoms with Crippen LogP contribution in [-0.2, 0) is 70.1 Å². The second-order valence-electron chi connectivity index (χ2n) is 19.8. The van der Waals surface area contributed by atoms with Crippen LogP contribution in [0.25, 0.3) is 0 Å². The number of carbonyl (C=O) groups excluding carboxylic acids is 8. The van der Waals surface area contributed by atoms with Crippen LogP contribution in [0.4, 0.5) is 0 Å². The Balaban J connectivity index is 2.25. The minimum Gasteiger partial charge on any atom is -0.451 e. The van der Waals surface area contributed by atoms with E-state index in [0.29, 0.717) is 11.1 Å². The summed E-state index contributed by atoms with van der Waals surface area (Å²) in [6.45, 7) is 17.5. The highest BCUT2D eigenvalue weighted by Crippen LogP contribution is 2.24. The molecule has 0 aromatic heterocycles. The van der Waals surface area contributed by atoms with Gasteiger partial charge in [-0.2, -0.15) is 0 Å². The van der Waals surface area contributed by atoms with E-state index in [4.69, 9.17) is 18.9 Å². The van der Waals surface area contributed by atoms with Gasteiger partial charge in [0.15, 0.2) is 24.4 Å². The molecule has 16 heteroatoms. The molecule has 0 saturated carbocycles. The maximum atomic E-state index is 14.6. The molecule has 4 amide bonds. The number of rotatable bonds is 12. The predicted octanol–water partition coefficient (Wildman–Crippen LogP) is 5.66. The van der Waals surface area contributed by atoms with E-state index in [0.717, 1.165) is 19.6 Å². The zero-order valence-corrected chi connectivity index (χ0v) is 42.6. The van der Waals surface area contributed by atoms with Gasteiger partial charge in [-0.05, 0) is 74.3 Å². The zero-order valence-electron chi connectivity index (χ0n) is 42.6. The second-order valence-corrected chi connectivity index (χ2v) is 19.8. The van der Waals surface area contributed by atoms with Crippen LogP contribution in [0.1, 0.15) is 106 Å². The molecule has 376 valence electrons. The van der Waals surface area contributed by atoms with Crippen molar-refractivity contribution in [3.8, 4) is 0 Å². The Kier molecular flexibility index (Phi) is 21.7. The largest absolute Gasteiger partial charge is 0.451 e. The fraction of sp³-hybridized carbons (Fsp3) is 0.615. The lowest BCUT2D eigenvalue weighted by atomic mass is 10.00. The molecule has 2 aromatic rings. The molecule has 68 heavy (non-hydrogen) atoms. The van der Waals surface area contributed by atoms with Crippen molar-refractivity contribution in [2.45, 2.75) is 156 Å². The highest BCUT2D eigenvalue weighted by Gasteiger charge is 2.43. The van der Waals surface area contributed by atoms with Gasteiger partial charge in [-0.1, -0.05) is 116 Å². The first-order chi connectivity index (χ1) is 31.8.